The Kier molecular flexibility index (Phi) is 23.9. The number of halogens is 3. The maximum Gasteiger partial charge on any atom is 0.416 e. The Labute approximate surface area is 378 Å². The lowest BCUT2D eigenvalue weighted by Gasteiger charge is -2.42. The van der Waals surface area contributed by atoms with Gasteiger partial charge in [-0.05, 0) is 87.4 Å². The van der Waals surface area contributed by atoms with Gasteiger partial charge in [-0.3, -0.25) is 9.69 Å². The highest BCUT2D eigenvalue weighted by atomic mass is 19.4. The summed E-state index contributed by atoms with van der Waals surface area (Å²) in [5.41, 5.74) is 0.379. The minimum absolute atomic E-state index is 0.0749. The van der Waals surface area contributed by atoms with E-state index in [0.717, 1.165) is 169 Å². The summed E-state index contributed by atoms with van der Waals surface area (Å²) in [6, 6.07) is 6.04. The van der Waals surface area contributed by atoms with Crippen molar-refractivity contribution in [3.05, 3.63) is 35.4 Å². The Morgan fingerprint density at radius 3 is 1.97 bits per heavy atom. The molecule has 362 valence electrons. The van der Waals surface area contributed by atoms with E-state index in [-0.39, 0.29) is 23.5 Å². The lowest BCUT2D eigenvalue weighted by Crippen LogP contribution is -2.58. The average molecular weight is 893 g/mol. The number of carbonyl (C=O) groups excluding carboxylic acids is 1. The maximum absolute atomic E-state index is 13.7. The Morgan fingerprint density at radius 1 is 0.683 bits per heavy atom. The van der Waals surface area contributed by atoms with Crippen LogP contribution in [0.15, 0.2) is 24.3 Å². The Bertz CT molecular complexity index is 1370. The van der Waals surface area contributed by atoms with E-state index in [4.69, 9.17) is 0 Å². The van der Waals surface area contributed by atoms with Crippen LogP contribution in [-0.4, -0.2) is 177 Å². The van der Waals surface area contributed by atoms with Gasteiger partial charge in [-0.15, -0.1) is 0 Å². The van der Waals surface area contributed by atoms with E-state index < -0.39 is 11.7 Å². The summed E-state index contributed by atoms with van der Waals surface area (Å²) in [5.74, 6) is 1.55. The molecule has 0 bridgehead atoms. The van der Waals surface area contributed by atoms with Gasteiger partial charge in [0.15, 0.2) is 0 Å². The second-order valence-corrected chi connectivity index (χ2v) is 18.8. The van der Waals surface area contributed by atoms with Crippen molar-refractivity contribution in [2.45, 2.75) is 108 Å². The third kappa shape index (κ3) is 18.3. The number of piperidine rings is 1. The van der Waals surface area contributed by atoms with Gasteiger partial charge in [-0.25, -0.2) is 0 Å². The zero-order valence-electron chi connectivity index (χ0n) is 39.1. The van der Waals surface area contributed by atoms with Crippen LogP contribution in [0.2, 0.25) is 0 Å². The average Bonchev–Trinajstić information content (AvgIpc) is 3.70. The molecule has 3 saturated heterocycles. The van der Waals surface area contributed by atoms with Gasteiger partial charge in [0, 0.05) is 149 Å². The summed E-state index contributed by atoms with van der Waals surface area (Å²) < 4.78 is 39.7. The molecule has 3 heterocycles. The lowest BCUT2D eigenvalue weighted by atomic mass is 9.77. The number of amides is 1. The number of benzene rings is 1. The van der Waals surface area contributed by atoms with E-state index >= 15 is 0 Å². The molecular weight excluding hydrogens is 806 g/mol. The molecule has 1 spiro atoms. The molecule has 16 heteroatoms. The molecule has 13 nitrogen and oxygen atoms in total. The number of nitrogens with zero attached hydrogens (tertiary/aromatic N) is 2. The van der Waals surface area contributed by atoms with Crippen molar-refractivity contribution in [2.24, 2.45) is 11.8 Å². The fourth-order valence-corrected chi connectivity index (χ4v) is 10.1. The van der Waals surface area contributed by atoms with Crippen LogP contribution in [0.4, 0.5) is 13.2 Å². The van der Waals surface area contributed by atoms with Gasteiger partial charge in [0.05, 0.1) is 11.6 Å². The van der Waals surface area contributed by atoms with E-state index in [9.17, 15) is 18.0 Å². The molecule has 1 aliphatic carbocycles. The smallest absolute Gasteiger partial charge is 0.341 e. The van der Waals surface area contributed by atoms with Crippen LogP contribution in [0, 0.1) is 11.8 Å². The fourth-order valence-electron chi connectivity index (χ4n) is 10.1. The second kappa shape index (κ2) is 28.9. The number of nitrogens with one attached hydrogen (secondary N) is 10. The van der Waals surface area contributed by atoms with Crippen molar-refractivity contribution in [3.63, 3.8) is 0 Å². The van der Waals surface area contributed by atoms with Crippen LogP contribution >= 0.6 is 0 Å². The molecule has 5 unspecified atom stereocenters. The molecule has 1 saturated carbocycles. The van der Waals surface area contributed by atoms with Gasteiger partial charge in [0.25, 0.3) is 0 Å². The van der Waals surface area contributed by atoms with Crippen molar-refractivity contribution in [2.75, 3.05) is 137 Å². The molecule has 3 aliphatic heterocycles. The number of fused-ring (bicyclic) bond motifs is 1. The quantitative estimate of drug-likeness (QED) is 0.211. The van der Waals surface area contributed by atoms with Gasteiger partial charge in [0.2, 0.25) is 5.91 Å². The van der Waals surface area contributed by atoms with Crippen molar-refractivity contribution in [1.82, 2.24) is 63.0 Å². The predicted octanol–water partition coefficient (Wildman–Crippen LogP) is 1.96. The van der Waals surface area contributed by atoms with E-state index in [1.807, 2.05) is 0 Å². The number of hydrogen-bond donors (Lipinski definition) is 10. The molecule has 0 aromatic heterocycles. The zero-order valence-corrected chi connectivity index (χ0v) is 39.1. The van der Waals surface area contributed by atoms with E-state index in [1.54, 1.807) is 12.1 Å². The monoisotopic (exact) mass is 893 g/mol. The minimum atomic E-state index is -4.33. The van der Waals surface area contributed by atoms with E-state index in [1.165, 1.54) is 44.2 Å². The summed E-state index contributed by atoms with van der Waals surface area (Å²) in [6.07, 6.45) is 6.58. The van der Waals surface area contributed by atoms with Crippen molar-refractivity contribution in [3.8, 4) is 0 Å². The largest absolute Gasteiger partial charge is 0.416 e. The van der Waals surface area contributed by atoms with Crippen molar-refractivity contribution in [1.29, 1.82) is 0 Å². The molecule has 6 atom stereocenters. The molecule has 4 fully saturated rings. The number of likely N-dealkylation sites (tertiary alicyclic amines) is 1. The Balaban J connectivity index is 1.12. The normalized spacial score (nSPS) is 29.8. The first-order valence-corrected chi connectivity index (χ1v) is 25.0. The first-order valence-electron chi connectivity index (χ1n) is 25.0. The summed E-state index contributed by atoms with van der Waals surface area (Å²) >= 11 is 0. The third-order valence-electron chi connectivity index (χ3n) is 14.2. The number of rotatable bonds is 5. The zero-order chi connectivity index (χ0) is 44.6. The third-order valence-corrected chi connectivity index (χ3v) is 14.2. The molecule has 1 aromatic carbocycles. The van der Waals surface area contributed by atoms with Crippen LogP contribution in [-0.2, 0) is 17.4 Å². The summed E-state index contributed by atoms with van der Waals surface area (Å²) in [4.78, 5) is 18.3. The summed E-state index contributed by atoms with van der Waals surface area (Å²) in [6.45, 7) is 23.3. The Hall–Kier alpha value is -1.96. The Morgan fingerprint density at radius 2 is 1.32 bits per heavy atom. The SMILES string of the molecule is CC[C@H](C)C1CCCC12CNCCNC(C(=O)N1CCCCC1)CCNCCNCCNCCN1CCC1CNC(Cc1ccc(C(F)(F)F)cc1)CNCCNCCNCCN2. The minimum Gasteiger partial charge on any atom is -0.341 e. The maximum atomic E-state index is 13.7. The molecule has 1 amide bonds. The van der Waals surface area contributed by atoms with E-state index in [2.05, 4.69) is 76.8 Å². The molecule has 63 heavy (non-hydrogen) atoms. The molecule has 0 radical (unpaired) electrons. The molecule has 5 rings (SSSR count). The van der Waals surface area contributed by atoms with Crippen LogP contribution in [0.5, 0.6) is 0 Å². The van der Waals surface area contributed by atoms with Gasteiger partial charge in [0.1, 0.15) is 0 Å². The number of carbonyl (C=O) groups is 1. The first-order chi connectivity index (χ1) is 30.7. The van der Waals surface area contributed by atoms with Gasteiger partial charge in [-0.2, -0.15) is 13.2 Å². The van der Waals surface area contributed by atoms with Crippen LogP contribution < -0.4 is 53.2 Å². The van der Waals surface area contributed by atoms with Crippen molar-refractivity contribution >= 4 is 5.91 Å². The summed E-state index contributed by atoms with van der Waals surface area (Å²) in [7, 11) is 0. The highest BCUT2D eigenvalue weighted by Crippen LogP contribution is 2.41. The van der Waals surface area contributed by atoms with Crippen LogP contribution in [0.3, 0.4) is 0 Å². The molecular formula is C47H87F3N12O. The van der Waals surface area contributed by atoms with Gasteiger partial charge >= 0.3 is 6.18 Å². The van der Waals surface area contributed by atoms with Crippen LogP contribution in [0.25, 0.3) is 0 Å². The fraction of sp³-hybridized carbons (Fsp3) is 0.851. The topological polar surface area (TPSA) is 144 Å². The molecule has 1 aromatic rings. The van der Waals surface area contributed by atoms with Gasteiger partial charge in [-0.1, -0.05) is 38.8 Å². The molecule has 10 N–H and O–H groups in total. The van der Waals surface area contributed by atoms with Crippen molar-refractivity contribution < 1.29 is 18.0 Å². The second-order valence-electron chi connectivity index (χ2n) is 18.8. The summed E-state index contributed by atoms with van der Waals surface area (Å²) in [5, 5.41) is 36.8. The predicted molar refractivity (Wildman–Crippen MR) is 251 cm³/mol. The highest BCUT2D eigenvalue weighted by Gasteiger charge is 2.44. The van der Waals surface area contributed by atoms with Gasteiger partial charge < -0.3 is 58.1 Å². The highest BCUT2D eigenvalue weighted by molar-refractivity contribution is 5.82. The number of alkyl halides is 3. The standard InChI is InChI=1S/C47H87F3N12O/c1-3-38(2)43-8-7-15-46(43)37-57-25-27-58-44(45(63)62-30-5-4-6-31-62)13-16-51-17-18-52-21-22-55-29-33-61-32-14-42(61)36-59-41(34-39-9-11-40(12-10-39)47(48,49)50)35-56-24-23-53-19-20-54-26-28-60-46/h9-12,38,41-44,51-60H,3-8,13-37H2,1-2H3/t38-,41?,42?,43?,44?,46?/m0/s1. The van der Waals surface area contributed by atoms with E-state index in [0.29, 0.717) is 24.3 Å². The van der Waals surface area contributed by atoms with Crippen LogP contribution in [0.1, 0.15) is 82.8 Å². The first kappa shape index (κ1) is 52.0. The lowest BCUT2D eigenvalue weighted by molar-refractivity contribution is -0.137. The number of hydrogen-bond acceptors (Lipinski definition) is 12. The molecule has 4 aliphatic rings.